The monoisotopic (exact) mass is 209 g/mol. The number of ether oxygens (including phenoxy) is 3. The summed E-state index contributed by atoms with van der Waals surface area (Å²) in [6.45, 7) is 1.43. The smallest absolute Gasteiger partial charge is 0.145 e. The predicted molar refractivity (Wildman–Crippen MR) is 57.3 cm³/mol. The third-order valence-electron chi connectivity index (χ3n) is 2.40. The lowest BCUT2D eigenvalue weighted by Crippen LogP contribution is -2.15. The summed E-state index contributed by atoms with van der Waals surface area (Å²) in [5.74, 6) is 1.42. The third kappa shape index (κ3) is 2.33. The van der Waals surface area contributed by atoms with Gasteiger partial charge in [-0.1, -0.05) is 0 Å². The van der Waals surface area contributed by atoms with Gasteiger partial charge in [0.25, 0.3) is 0 Å². The fourth-order valence-corrected chi connectivity index (χ4v) is 1.56. The molecule has 2 N–H and O–H groups in total. The molecule has 1 aromatic carbocycles. The summed E-state index contributed by atoms with van der Waals surface area (Å²) >= 11 is 0. The van der Waals surface area contributed by atoms with Crippen LogP contribution in [0.2, 0.25) is 0 Å². The molecule has 1 fully saturated rings. The first-order valence-electron chi connectivity index (χ1n) is 4.97. The molecule has 1 aromatic rings. The van der Waals surface area contributed by atoms with E-state index in [-0.39, 0.29) is 6.10 Å². The fourth-order valence-electron chi connectivity index (χ4n) is 1.56. The van der Waals surface area contributed by atoms with Gasteiger partial charge in [-0.15, -0.1) is 0 Å². The van der Waals surface area contributed by atoms with E-state index in [1.54, 1.807) is 19.2 Å². The van der Waals surface area contributed by atoms with Crippen molar-refractivity contribution in [3.63, 3.8) is 0 Å². The molecule has 1 atom stereocenters. The highest BCUT2D eigenvalue weighted by Crippen LogP contribution is 2.27. The molecule has 15 heavy (non-hydrogen) atoms. The molecule has 1 aliphatic rings. The highest BCUT2D eigenvalue weighted by atomic mass is 16.5. The molecule has 0 saturated carbocycles. The minimum atomic E-state index is 0.151. The largest absolute Gasteiger partial charge is 0.494 e. The predicted octanol–water partition coefficient (Wildman–Crippen LogP) is 1.45. The highest BCUT2D eigenvalue weighted by molar-refractivity contribution is 5.55. The second-order valence-corrected chi connectivity index (χ2v) is 3.51. The van der Waals surface area contributed by atoms with E-state index in [0.29, 0.717) is 18.0 Å². The molecule has 0 spiro atoms. The Morgan fingerprint density at radius 2 is 2.33 bits per heavy atom. The van der Waals surface area contributed by atoms with Crippen LogP contribution in [0.4, 0.5) is 5.69 Å². The van der Waals surface area contributed by atoms with Gasteiger partial charge in [0.2, 0.25) is 0 Å². The summed E-state index contributed by atoms with van der Waals surface area (Å²) in [4.78, 5) is 0. The number of nitrogen functional groups attached to an aromatic ring is 1. The normalized spacial score (nSPS) is 20.2. The Bertz CT molecular complexity index is 335. The first-order chi connectivity index (χ1) is 7.29. The van der Waals surface area contributed by atoms with Crippen molar-refractivity contribution < 1.29 is 14.2 Å². The Labute approximate surface area is 88.9 Å². The van der Waals surface area contributed by atoms with Gasteiger partial charge in [0.1, 0.15) is 17.6 Å². The van der Waals surface area contributed by atoms with Gasteiger partial charge in [-0.05, 0) is 12.1 Å². The zero-order valence-corrected chi connectivity index (χ0v) is 8.73. The fraction of sp³-hybridized carbons (Fsp3) is 0.455. The molecule has 1 heterocycles. The number of benzene rings is 1. The Balaban J connectivity index is 2.07. The number of nitrogens with two attached hydrogens (primary N) is 1. The van der Waals surface area contributed by atoms with Crippen molar-refractivity contribution in [2.45, 2.75) is 12.5 Å². The molecule has 1 saturated heterocycles. The van der Waals surface area contributed by atoms with E-state index in [4.69, 9.17) is 19.9 Å². The SMILES string of the molecule is COc1cc(OC2CCOC2)ccc1N. The second kappa shape index (κ2) is 4.40. The molecular weight excluding hydrogens is 194 g/mol. The molecule has 0 amide bonds. The molecule has 4 heteroatoms. The van der Waals surface area contributed by atoms with Crippen LogP contribution in [0.3, 0.4) is 0 Å². The lowest BCUT2D eigenvalue weighted by atomic mass is 10.2. The van der Waals surface area contributed by atoms with Crippen LogP contribution in [0, 0.1) is 0 Å². The first kappa shape index (κ1) is 10.1. The Morgan fingerprint density at radius 1 is 1.47 bits per heavy atom. The van der Waals surface area contributed by atoms with Gasteiger partial charge in [-0.2, -0.15) is 0 Å². The second-order valence-electron chi connectivity index (χ2n) is 3.51. The van der Waals surface area contributed by atoms with Gasteiger partial charge >= 0.3 is 0 Å². The van der Waals surface area contributed by atoms with Gasteiger partial charge in [-0.3, -0.25) is 0 Å². The van der Waals surface area contributed by atoms with Crippen LogP contribution in [0.25, 0.3) is 0 Å². The lowest BCUT2D eigenvalue weighted by Gasteiger charge is -2.13. The van der Waals surface area contributed by atoms with Crippen LogP contribution in [0.5, 0.6) is 11.5 Å². The molecule has 82 valence electrons. The minimum Gasteiger partial charge on any atom is -0.494 e. The van der Waals surface area contributed by atoms with E-state index < -0.39 is 0 Å². The summed E-state index contributed by atoms with van der Waals surface area (Å²) in [6, 6.07) is 5.42. The Morgan fingerprint density at radius 3 is 3.00 bits per heavy atom. The van der Waals surface area contributed by atoms with Crippen LogP contribution < -0.4 is 15.2 Å². The van der Waals surface area contributed by atoms with E-state index in [2.05, 4.69) is 0 Å². The van der Waals surface area contributed by atoms with Crippen LogP contribution in [0.1, 0.15) is 6.42 Å². The van der Waals surface area contributed by atoms with Crippen molar-refractivity contribution in [1.29, 1.82) is 0 Å². The van der Waals surface area contributed by atoms with Crippen LogP contribution in [0.15, 0.2) is 18.2 Å². The molecule has 1 aliphatic heterocycles. The van der Waals surface area contributed by atoms with Gasteiger partial charge in [0, 0.05) is 12.5 Å². The van der Waals surface area contributed by atoms with Gasteiger partial charge in [-0.25, -0.2) is 0 Å². The summed E-state index contributed by atoms with van der Waals surface area (Å²) in [6.07, 6.45) is 1.09. The standard InChI is InChI=1S/C11H15NO3/c1-13-11-6-8(2-3-10(11)12)15-9-4-5-14-7-9/h2-3,6,9H,4-5,7,12H2,1H3. The lowest BCUT2D eigenvalue weighted by molar-refractivity contribution is 0.141. The molecule has 0 bridgehead atoms. The zero-order chi connectivity index (χ0) is 10.7. The number of rotatable bonds is 3. The van der Waals surface area contributed by atoms with E-state index in [0.717, 1.165) is 18.8 Å². The Hall–Kier alpha value is -1.42. The maximum Gasteiger partial charge on any atom is 0.145 e. The van der Waals surface area contributed by atoms with E-state index >= 15 is 0 Å². The van der Waals surface area contributed by atoms with Crippen molar-refractivity contribution >= 4 is 5.69 Å². The van der Waals surface area contributed by atoms with Crippen molar-refractivity contribution in [2.24, 2.45) is 0 Å². The minimum absolute atomic E-state index is 0.151. The van der Waals surface area contributed by atoms with Crippen molar-refractivity contribution in [2.75, 3.05) is 26.1 Å². The number of methoxy groups -OCH3 is 1. The number of anilines is 1. The third-order valence-corrected chi connectivity index (χ3v) is 2.40. The van der Waals surface area contributed by atoms with Crippen molar-refractivity contribution in [3.8, 4) is 11.5 Å². The van der Waals surface area contributed by atoms with E-state index in [1.807, 2.05) is 6.07 Å². The molecule has 0 aromatic heterocycles. The topological polar surface area (TPSA) is 53.7 Å². The summed E-state index contributed by atoms with van der Waals surface area (Å²) in [5.41, 5.74) is 6.32. The highest BCUT2D eigenvalue weighted by Gasteiger charge is 2.17. The van der Waals surface area contributed by atoms with Crippen LogP contribution in [-0.2, 0) is 4.74 Å². The number of hydrogen-bond donors (Lipinski definition) is 1. The average molecular weight is 209 g/mol. The molecule has 0 aliphatic carbocycles. The molecular formula is C11H15NO3. The first-order valence-corrected chi connectivity index (χ1v) is 4.97. The summed E-state index contributed by atoms with van der Waals surface area (Å²) < 4.78 is 16.1. The van der Waals surface area contributed by atoms with E-state index in [9.17, 15) is 0 Å². The molecule has 2 rings (SSSR count). The van der Waals surface area contributed by atoms with Crippen LogP contribution in [-0.4, -0.2) is 26.4 Å². The van der Waals surface area contributed by atoms with Crippen molar-refractivity contribution in [1.82, 2.24) is 0 Å². The Kier molecular flexibility index (Phi) is 2.97. The van der Waals surface area contributed by atoms with Gasteiger partial charge < -0.3 is 19.9 Å². The van der Waals surface area contributed by atoms with Crippen LogP contribution >= 0.6 is 0 Å². The molecule has 1 unspecified atom stereocenters. The molecule has 0 radical (unpaired) electrons. The average Bonchev–Trinajstić information content (AvgIpc) is 2.73. The maximum absolute atomic E-state index is 5.71. The quantitative estimate of drug-likeness (QED) is 0.765. The van der Waals surface area contributed by atoms with Gasteiger partial charge in [0.15, 0.2) is 0 Å². The van der Waals surface area contributed by atoms with E-state index in [1.165, 1.54) is 0 Å². The number of hydrogen-bond acceptors (Lipinski definition) is 4. The van der Waals surface area contributed by atoms with Crippen molar-refractivity contribution in [3.05, 3.63) is 18.2 Å². The van der Waals surface area contributed by atoms with Gasteiger partial charge in [0.05, 0.1) is 26.0 Å². The summed E-state index contributed by atoms with van der Waals surface area (Å²) in [5, 5.41) is 0. The zero-order valence-electron chi connectivity index (χ0n) is 8.73. The summed E-state index contributed by atoms with van der Waals surface area (Å²) in [7, 11) is 1.59. The maximum atomic E-state index is 5.71. The molecule has 4 nitrogen and oxygen atoms in total.